The van der Waals surface area contributed by atoms with E-state index in [9.17, 15) is 9.59 Å². The third-order valence-corrected chi connectivity index (χ3v) is 6.31. The Morgan fingerprint density at radius 1 is 1.13 bits per heavy atom. The van der Waals surface area contributed by atoms with Gasteiger partial charge in [0.15, 0.2) is 5.13 Å². The SMILES string of the molecule is COc1ccc(-c2nc(NC(=O)C(c3ccccc3)N3CCCCC3=O)sc2C)cc1. The lowest BCUT2D eigenvalue weighted by molar-refractivity contribution is -0.141. The molecule has 1 saturated heterocycles. The van der Waals surface area contributed by atoms with Gasteiger partial charge in [0.2, 0.25) is 5.91 Å². The fraction of sp³-hybridized carbons (Fsp3) is 0.292. The summed E-state index contributed by atoms with van der Waals surface area (Å²) in [4.78, 5) is 33.3. The van der Waals surface area contributed by atoms with Gasteiger partial charge in [0, 0.05) is 23.4 Å². The fourth-order valence-corrected chi connectivity index (χ4v) is 4.69. The van der Waals surface area contributed by atoms with Gasteiger partial charge < -0.3 is 9.64 Å². The summed E-state index contributed by atoms with van der Waals surface area (Å²) in [6.07, 6.45) is 2.25. The number of ether oxygens (including phenoxy) is 1. The molecule has 0 bridgehead atoms. The molecule has 2 aromatic carbocycles. The number of rotatable bonds is 6. The molecule has 0 spiro atoms. The van der Waals surface area contributed by atoms with Crippen molar-refractivity contribution in [1.29, 1.82) is 0 Å². The van der Waals surface area contributed by atoms with Crippen LogP contribution >= 0.6 is 11.3 Å². The minimum Gasteiger partial charge on any atom is -0.497 e. The molecule has 160 valence electrons. The van der Waals surface area contributed by atoms with E-state index in [0.29, 0.717) is 18.1 Å². The molecule has 2 heterocycles. The van der Waals surface area contributed by atoms with Crippen molar-refractivity contribution in [3.63, 3.8) is 0 Å². The maximum absolute atomic E-state index is 13.3. The largest absolute Gasteiger partial charge is 0.497 e. The number of aryl methyl sites for hydroxylation is 1. The van der Waals surface area contributed by atoms with Gasteiger partial charge in [-0.1, -0.05) is 30.3 Å². The monoisotopic (exact) mass is 435 g/mol. The van der Waals surface area contributed by atoms with Crippen molar-refractivity contribution in [3.8, 4) is 17.0 Å². The van der Waals surface area contributed by atoms with E-state index in [1.165, 1.54) is 11.3 Å². The first-order chi connectivity index (χ1) is 15.1. The Kier molecular flexibility index (Phi) is 6.32. The second-order valence-corrected chi connectivity index (χ2v) is 8.70. The summed E-state index contributed by atoms with van der Waals surface area (Å²) in [6.45, 7) is 2.57. The molecule has 1 atom stereocenters. The van der Waals surface area contributed by atoms with E-state index in [2.05, 4.69) is 10.3 Å². The van der Waals surface area contributed by atoms with Gasteiger partial charge in [0.25, 0.3) is 5.91 Å². The van der Waals surface area contributed by atoms with Crippen LogP contribution in [0.25, 0.3) is 11.3 Å². The van der Waals surface area contributed by atoms with E-state index >= 15 is 0 Å². The standard InChI is InChI=1S/C24H25N3O3S/c1-16-21(17-11-13-19(30-2)14-12-17)25-24(31-16)26-23(29)22(18-8-4-3-5-9-18)27-15-7-6-10-20(27)28/h3-5,8-9,11-14,22H,6-7,10,15H2,1-2H3,(H,25,26,29). The average molecular weight is 436 g/mol. The van der Waals surface area contributed by atoms with E-state index in [0.717, 1.165) is 40.3 Å². The topological polar surface area (TPSA) is 71.5 Å². The second kappa shape index (κ2) is 9.31. The minimum absolute atomic E-state index is 0.0181. The van der Waals surface area contributed by atoms with Crippen molar-refractivity contribution >= 4 is 28.3 Å². The fourth-order valence-electron chi connectivity index (χ4n) is 3.85. The number of carbonyl (C=O) groups is 2. The van der Waals surface area contributed by atoms with Gasteiger partial charge in [-0.2, -0.15) is 0 Å². The Bertz CT molecular complexity index is 1060. The number of likely N-dealkylation sites (tertiary alicyclic amines) is 1. The quantitative estimate of drug-likeness (QED) is 0.603. The Balaban J connectivity index is 1.59. The van der Waals surface area contributed by atoms with Crippen LogP contribution in [0.4, 0.5) is 5.13 Å². The van der Waals surface area contributed by atoms with Crippen LogP contribution in [0.5, 0.6) is 5.75 Å². The number of aromatic nitrogens is 1. The van der Waals surface area contributed by atoms with E-state index in [1.54, 1.807) is 12.0 Å². The minimum atomic E-state index is -0.664. The lowest BCUT2D eigenvalue weighted by Crippen LogP contribution is -2.43. The first-order valence-corrected chi connectivity index (χ1v) is 11.2. The summed E-state index contributed by atoms with van der Waals surface area (Å²) in [6, 6.07) is 16.5. The van der Waals surface area contributed by atoms with Crippen molar-refractivity contribution in [2.75, 3.05) is 19.0 Å². The third kappa shape index (κ3) is 4.61. The predicted molar refractivity (Wildman–Crippen MR) is 122 cm³/mol. The van der Waals surface area contributed by atoms with Gasteiger partial charge in [-0.15, -0.1) is 11.3 Å². The molecule has 6 nitrogen and oxygen atoms in total. The molecule has 2 amide bonds. The van der Waals surface area contributed by atoms with Gasteiger partial charge in [-0.3, -0.25) is 14.9 Å². The van der Waals surface area contributed by atoms with Gasteiger partial charge in [0.05, 0.1) is 12.8 Å². The molecule has 0 radical (unpaired) electrons. The molecule has 1 aromatic heterocycles. The summed E-state index contributed by atoms with van der Waals surface area (Å²) >= 11 is 1.43. The Labute approximate surface area is 185 Å². The molecule has 4 rings (SSSR count). The lowest BCUT2D eigenvalue weighted by atomic mass is 10.0. The number of nitrogens with zero attached hydrogens (tertiary/aromatic N) is 2. The number of benzene rings is 2. The number of anilines is 1. The molecular formula is C24H25N3O3S. The first kappa shape index (κ1) is 21.1. The maximum Gasteiger partial charge on any atom is 0.253 e. The summed E-state index contributed by atoms with van der Waals surface area (Å²) < 4.78 is 5.22. The lowest BCUT2D eigenvalue weighted by Gasteiger charge is -2.33. The smallest absolute Gasteiger partial charge is 0.253 e. The van der Waals surface area contributed by atoms with Crippen molar-refractivity contribution in [3.05, 3.63) is 65.0 Å². The van der Waals surface area contributed by atoms with Crippen LogP contribution in [-0.2, 0) is 9.59 Å². The number of hydrogen-bond acceptors (Lipinski definition) is 5. The molecular weight excluding hydrogens is 410 g/mol. The van der Waals surface area contributed by atoms with E-state index in [1.807, 2.05) is 61.5 Å². The van der Waals surface area contributed by atoms with Crippen molar-refractivity contribution in [2.45, 2.75) is 32.2 Å². The maximum atomic E-state index is 13.3. The average Bonchev–Trinajstić information content (AvgIpc) is 3.16. The van der Waals surface area contributed by atoms with Crippen molar-refractivity contribution in [2.24, 2.45) is 0 Å². The summed E-state index contributed by atoms with van der Waals surface area (Å²) in [5.74, 6) is 0.558. The molecule has 0 saturated carbocycles. The predicted octanol–water partition coefficient (Wildman–Crippen LogP) is 4.82. The highest BCUT2D eigenvalue weighted by atomic mass is 32.1. The molecule has 1 fully saturated rings. The molecule has 3 aromatic rings. The molecule has 1 aliphatic heterocycles. The Morgan fingerprint density at radius 2 is 1.87 bits per heavy atom. The van der Waals surface area contributed by atoms with Crippen LogP contribution in [-0.4, -0.2) is 35.4 Å². The number of carbonyl (C=O) groups excluding carboxylic acids is 2. The van der Waals surface area contributed by atoms with Crippen LogP contribution in [0.1, 0.15) is 35.7 Å². The van der Waals surface area contributed by atoms with Crippen molar-refractivity contribution < 1.29 is 14.3 Å². The summed E-state index contributed by atoms with van der Waals surface area (Å²) in [5, 5.41) is 3.49. The Morgan fingerprint density at radius 3 is 2.55 bits per heavy atom. The van der Waals surface area contributed by atoms with Crippen LogP contribution in [0.2, 0.25) is 0 Å². The number of piperidine rings is 1. The normalized spacial score (nSPS) is 14.9. The highest BCUT2D eigenvalue weighted by molar-refractivity contribution is 7.16. The van der Waals surface area contributed by atoms with E-state index < -0.39 is 6.04 Å². The summed E-state index contributed by atoms with van der Waals surface area (Å²) in [7, 11) is 1.63. The van der Waals surface area contributed by atoms with Gasteiger partial charge in [-0.25, -0.2) is 4.98 Å². The highest BCUT2D eigenvalue weighted by Crippen LogP contribution is 2.33. The van der Waals surface area contributed by atoms with Crippen molar-refractivity contribution in [1.82, 2.24) is 9.88 Å². The number of thiazole rings is 1. The number of nitrogens with one attached hydrogen (secondary N) is 1. The third-order valence-electron chi connectivity index (χ3n) is 5.43. The molecule has 1 aliphatic rings. The number of methoxy groups -OCH3 is 1. The highest BCUT2D eigenvalue weighted by Gasteiger charge is 2.33. The van der Waals surface area contributed by atoms with Gasteiger partial charge in [-0.05, 0) is 49.6 Å². The van der Waals surface area contributed by atoms with E-state index in [-0.39, 0.29) is 11.8 Å². The first-order valence-electron chi connectivity index (χ1n) is 10.3. The zero-order valence-corrected chi connectivity index (χ0v) is 18.4. The molecule has 7 heteroatoms. The number of hydrogen-bond donors (Lipinski definition) is 1. The summed E-state index contributed by atoms with van der Waals surface area (Å²) in [5.41, 5.74) is 2.59. The molecule has 1 N–H and O–H groups in total. The van der Waals surface area contributed by atoms with Crippen LogP contribution in [0.3, 0.4) is 0 Å². The Hall–Kier alpha value is -3.19. The zero-order chi connectivity index (χ0) is 21.8. The van der Waals surface area contributed by atoms with Gasteiger partial charge >= 0.3 is 0 Å². The van der Waals surface area contributed by atoms with Crippen LogP contribution < -0.4 is 10.1 Å². The second-order valence-electron chi connectivity index (χ2n) is 7.50. The molecule has 0 aliphatic carbocycles. The van der Waals surface area contributed by atoms with Crippen LogP contribution in [0, 0.1) is 6.92 Å². The molecule has 31 heavy (non-hydrogen) atoms. The molecule has 1 unspecified atom stereocenters. The van der Waals surface area contributed by atoms with E-state index in [4.69, 9.17) is 4.74 Å². The number of amides is 2. The van der Waals surface area contributed by atoms with Gasteiger partial charge in [0.1, 0.15) is 11.8 Å². The van der Waals surface area contributed by atoms with Crippen LogP contribution in [0.15, 0.2) is 54.6 Å². The zero-order valence-electron chi connectivity index (χ0n) is 17.6.